The van der Waals surface area contributed by atoms with Crippen LogP contribution in [0.2, 0.25) is 0 Å². The maximum absolute atomic E-state index is 12.8. The summed E-state index contributed by atoms with van der Waals surface area (Å²) >= 11 is 1.45. The van der Waals surface area contributed by atoms with Crippen molar-refractivity contribution in [1.29, 1.82) is 0 Å². The quantitative estimate of drug-likeness (QED) is 0.486. The van der Waals surface area contributed by atoms with E-state index in [1.807, 2.05) is 18.2 Å². The zero-order valence-corrected chi connectivity index (χ0v) is 18.3. The second kappa shape index (κ2) is 9.80. The predicted octanol–water partition coefficient (Wildman–Crippen LogP) is 4.26. The molecule has 2 aromatic rings. The van der Waals surface area contributed by atoms with Gasteiger partial charge in [0.05, 0.1) is 12.7 Å². The largest absolute Gasteiger partial charge is 0.493 e. The molecule has 0 spiro atoms. The van der Waals surface area contributed by atoms with Gasteiger partial charge in [0.15, 0.2) is 17.6 Å². The van der Waals surface area contributed by atoms with Gasteiger partial charge in [0.25, 0.3) is 11.8 Å². The van der Waals surface area contributed by atoms with Crippen molar-refractivity contribution in [2.45, 2.75) is 51.6 Å². The lowest BCUT2D eigenvalue weighted by molar-refractivity contribution is -0.122. The van der Waals surface area contributed by atoms with Crippen molar-refractivity contribution in [2.75, 3.05) is 12.4 Å². The fourth-order valence-corrected chi connectivity index (χ4v) is 4.95. The molecule has 1 unspecified atom stereocenters. The average molecular weight is 429 g/mol. The SMILES string of the molecule is C=CCc1ccc(OC(C)C(=O)Nc2sc3c(c2C(N)=O)CCCCC3)c(OC)c1. The van der Waals surface area contributed by atoms with Crippen molar-refractivity contribution in [3.63, 3.8) is 0 Å². The second-order valence-corrected chi connectivity index (χ2v) is 8.47. The van der Waals surface area contributed by atoms with E-state index < -0.39 is 12.0 Å². The van der Waals surface area contributed by atoms with Gasteiger partial charge in [-0.15, -0.1) is 17.9 Å². The Labute approximate surface area is 181 Å². The number of anilines is 1. The van der Waals surface area contributed by atoms with Crippen LogP contribution >= 0.6 is 11.3 Å². The number of amides is 2. The molecule has 1 atom stereocenters. The first-order chi connectivity index (χ1) is 14.4. The van der Waals surface area contributed by atoms with Crippen molar-refractivity contribution in [3.8, 4) is 11.5 Å². The second-order valence-electron chi connectivity index (χ2n) is 7.36. The summed E-state index contributed by atoms with van der Waals surface area (Å²) in [6.45, 7) is 5.40. The lowest BCUT2D eigenvalue weighted by Crippen LogP contribution is -2.30. The zero-order chi connectivity index (χ0) is 21.7. The predicted molar refractivity (Wildman–Crippen MR) is 120 cm³/mol. The van der Waals surface area contributed by atoms with Crippen molar-refractivity contribution in [3.05, 3.63) is 52.4 Å². The zero-order valence-electron chi connectivity index (χ0n) is 17.5. The molecule has 2 amide bonds. The van der Waals surface area contributed by atoms with E-state index in [4.69, 9.17) is 15.2 Å². The van der Waals surface area contributed by atoms with Crippen molar-refractivity contribution in [2.24, 2.45) is 5.73 Å². The van der Waals surface area contributed by atoms with Crippen molar-refractivity contribution in [1.82, 2.24) is 0 Å². The minimum Gasteiger partial charge on any atom is -0.493 e. The first-order valence-electron chi connectivity index (χ1n) is 10.1. The van der Waals surface area contributed by atoms with E-state index in [0.29, 0.717) is 28.5 Å². The van der Waals surface area contributed by atoms with Crippen LogP contribution in [0.15, 0.2) is 30.9 Å². The maximum Gasteiger partial charge on any atom is 0.265 e. The number of carbonyl (C=O) groups is 2. The number of allylic oxidation sites excluding steroid dienone is 1. The third kappa shape index (κ3) is 4.84. The minimum absolute atomic E-state index is 0.342. The highest BCUT2D eigenvalue weighted by atomic mass is 32.1. The molecule has 1 aliphatic carbocycles. The molecular weight excluding hydrogens is 400 g/mol. The molecule has 0 radical (unpaired) electrons. The standard InChI is InChI=1S/C23H28N2O4S/c1-4-8-15-11-12-17(18(13-15)28-3)29-14(2)22(27)25-23-20(21(24)26)16-9-6-5-7-10-19(16)30-23/h4,11-14H,1,5-10H2,2-3H3,(H2,24,26)(H,25,27). The molecule has 0 fully saturated rings. The lowest BCUT2D eigenvalue weighted by atomic mass is 10.1. The summed E-state index contributed by atoms with van der Waals surface area (Å²) < 4.78 is 11.3. The number of hydrogen-bond donors (Lipinski definition) is 2. The van der Waals surface area contributed by atoms with E-state index in [1.165, 1.54) is 11.3 Å². The molecule has 1 heterocycles. The smallest absolute Gasteiger partial charge is 0.265 e. The first kappa shape index (κ1) is 21.9. The van der Waals surface area contributed by atoms with E-state index in [9.17, 15) is 9.59 Å². The van der Waals surface area contributed by atoms with Gasteiger partial charge in [-0.1, -0.05) is 18.6 Å². The highest BCUT2D eigenvalue weighted by Crippen LogP contribution is 2.37. The monoisotopic (exact) mass is 428 g/mol. The van der Waals surface area contributed by atoms with Gasteiger partial charge < -0.3 is 20.5 Å². The number of primary amides is 1. The number of fused-ring (bicyclic) bond motifs is 1. The molecule has 6 nitrogen and oxygen atoms in total. The normalized spacial score (nSPS) is 14.2. The summed E-state index contributed by atoms with van der Waals surface area (Å²) in [5.74, 6) is 0.184. The van der Waals surface area contributed by atoms with Crippen LogP contribution in [0.5, 0.6) is 11.5 Å². The lowest BCUT2D eigenvalue weighted by Gasteiger charge is -2.17. The fraction of sp³-hybridized carbons (Fsp3) is 0.391. The number of benzene rings is 1. The Morgan fingerprint density at radius 2 is 2.03 bits per heavy atom. The molecule has 7 heteroatoms. The van der Waals surface area contributed by atoms with E-state index in [1.54, 1.807) is 20.1 Å². The van der Waals surface area contributed by atoms with E-state index in [-0.39, 0.29) is 5.91 Å². The summed E-state index contributed by atoms with van der Waals surface area (Å²) in [5.41, 5.74) is 8.13. The van der Waals surface area contributed by atoms with Crippen molar-refractivity contribution >= 4 is 28.2 Å². The summed E-state index contributed by atoms with van der Waals surface area (Å²) in [4.78, 5) is 26.0. The molecule has 1 aromatic carbocycles. The summed E-state index contributed by atoms with van der Waals surface area (Å²) in [6.07, 6.45) is 6.72. The summed E-state index contributed by atoms with van der Waals surface area (Å²) in [6, 6.07) is 5.55. The number of hydrogen-bond acceptors (Lipinski definition) is 5. The number of thiophene rings is 1. The van der Waals surface area contributed by atoms with Crippen LogP contribution in [0.25, 0.3) is 0 Å². The van der Waals surface area contributed by atoms with Gasteiger partial charge in [0.1, 0.15) is 5.00 Å². The molecule has 0 aliphatic heterocycles. The van der Waals surface area contributed by atoms with Crippen LogP contribution in [0.4, 0.5) is 5.00 Å². The van der Waals surface area contributed by atoms with Gasteiger partial charge in [-0.2, -0.15) is 0 Å². The fourth-order valence-electron chi connectivity index (χ4n) is 3.65. The van der Waals surface area contributed by atoms with Gasteiger partial charge in [0, 0.05) is 4.88 Å². The van der Waals surface area contributed by atoms with Gasteiger partial charge in [-0.25, -0.2) is 0 Å². The molecule has 0 bridgehead atoms. The van der Waals surface area contributed by atoms with Gasteiger partial charge >= 0.3 is 0 Å². The molecule has 3 N–H and O–H groups in total. The minimum atomic E-state index is -0.785. The highest BCUT2D eigenvalue weighted by Gasteiger charge is 2.26. The first-order valence-corrected chi connectivity index (χ1v) is 11.0. The maximum atomic E-state index is 12.8. The number of aryl methyl sites for hydroxylation is 1. The van der Waals surface area contributed by atoms with Crippen LogP contribution in [0, 0.1) is 0 Å². The molecule has 1 aromatic heterocycles. The van der Waals surface area contributed by atoms with Gasteiger partial charge in [0.2, 0.25) is 0 Å². The van der Waals surface area contributed by atoms with E-state index >= 15 is 0 Å². The Kier molecular flexibility index (Phi) is 7.15. The third-order valence-corrected chi connectivity index (χ3v) is 6.39. The molecule has 30 heavy (non-hydrogen) atoms. The Morgan fingerprint density at radius 3 is 2.73 bits per heavy atom. The van der Waals surface area contributed by atoms with Gasteiger partial charge in [-0.3, -0.25) is 9.59 Å². The number of ether oxygens (including phenoxy) is 2. The molecule has 0 saturated heterocycles. The Hall–Kier alpha value is -2.80. The molecule has 160 valence electrons. The van der Waals surface area contributed by atoms with Crippen LogP contribution in [0.1, 0.15) is 52.5 Å². The molecule has 1 aliphatic rings. The molecular formula is C23H28N2O4S. The summed E-state index contributed by atoms with van der Waals surface area (Å²) in [5, 5.41) is 3.38. The Bertz CT molecular complexity index is 951. The van der Waals surface area contributed by atoms with Crippen LogP contribution < -0.4 is 20.5 Å². The summed E-state index contributed by atoms with van der Waals surface area (Å²) in [7, 11) is 1.56. The van der Waals surface area contributed by atoms with Crippen LogP contribution in [-0.4, -0.2) is 25.0 Å². The van der Waals surface area contributed by atoms with Crippen LogP contribution in [-0.2, 0) is 24.1 Å². The van der Waals surface area contributed by atoms with Gasteiger partial charge in [-0.05, 0) is 62.3 Å². The number of rotatable bonds is 8. The number of nitrogens with one attached hydrogen (secondary N) is 1. The van der Waals surface area contributed by atoms with Crippen LogP contribution in [0.3, 0.4) is 0 Å². The third-order valence-electron chi connectivity index (χ3n) is 5.19. The Morgan fingerprint density at radius 1 is 1.27 bits per heavy atom. The number of carbonyl (C=O) groups excluding carboxylic acids is 2. The number of methoxy groups -OCH3 is 1. The molecule has 3 rings (SSSR count). The topological polar surface area (TPSA) is 90.6 Å². The molecule has 0 saturated carbocycles. The van der Waals surface area contributed by atoms with Crippen molar-refractivity contribution < 1.29 is 19.1 Å². The van der Waals surface area contributed by atoms with E-state index in [0.717, 1.165) is 48.1 Å². The average Bonchev–Trinajstić information content (AvgIpc) is 2.90. The number of nitrogens with two attached hydrogens (primary N) is 1. The Balaban J connectivity index is 1.76. The highest BCUT2D eigenvalue weighted by molar-refractivity contribution is 7.17. The van der Waals surface area contributed by atoms with E-state index in [2.05, 4.69) is 11.9 Å².